The van der Waals surface area contributed by atoms with E-state index in [9.17, 15) is 4.79 Å². The van der Waals surface area contributed by atoms with Gasteiger partial charge in [0.05, 0.1) is 19.1 Å². The van der Waals surface area contributed by atoms with Crippen molar-refractivity contribution in [2.75, 3.05) is 6.61 Å². The topological polar surface area (TPSA) is 46.5 Å². The molecule has 0 saturated carbocycles. The number of carboxylic acids is 1. The third-order valence-corrected chi connectivity index (χ3v) is 3.45. The first-order chi connectivity index (χ1) is 10.0. The average molecular weight is 292 g/mol. The van der Waals surface area contributed by atoms with Gasteiger partial charge in [-0.1, -0.05) is 57.9 Å². The maximum Gasteiger partial charge on any atom is 0.305 e. The third kappa shape index (κ3) is 7.28. The molecule has 118 valence electrons. The number of carbonyl (C=O) groups is 1. The van der Waals surface area contributed by atoms with Gasteiger partial charge in [0.25, 0.3) is 0 Å². The Labute approximate surface area is 128 Å². The molecule has 0 radical (unpaired) electrons. The summed E-state index contributed by atoms with van der Waals surface area (Å²) in [5, 5.41) is 8.71. The van der Waals surface area contributed by atoms with Gasteiger partial charge >= 0.3 is 5.97 Å². The summed E-state index contributed by atoms with van der Waals surface area (Å²) in [5.41, 5.74) is 2.50. The van der Waals surface area contributed by atoms with Crippen molar-refractivity contribution < 1.29 is 14.6 Å². The molecule has 0 fully saturated rings. The second-order valence-corrected chi connectivity index (χ2v) is 5.98. The van der Waals surface area contributed by atoms with Crippen molar-refractivity contribution >= 4 is 5.97 Å². The smallest absolute Gasteiger partial charge is 0.305 e. The van der Waals surface area contributed by atoms with Crippen molar-refractivity contribution in [3.63, 3.8) is 0 Å². The van der Waals surface area contributed by atoms with Crippen LogP contribution in [0, 0.1) is 5.92 Å². The number of benzene rings is 1. The molecule has 1 unspecified atom stereocenters. The van der Waals surface area contributed by atoms with Gasteiger partial charge in [-0.25, -0.2) is 0 Å². The van der Waals surface area contributed by atoms with E-state index in [2.05, 4.69) is 45.0 Å². The summed E-state index contributed by atoms with van der Waals surface area (Å²) in [6.07, 6.45) is 4.31. The predicted molar refractivity (Wildman–Crippen MR) is 85.5 cm³/mol. The molecule has 1 aromatic rings. The average Bonchev–Trinajstić information content (AvgIpc) is 2.42. The molecule has 1 aromatic carbocycles. The lowest BCUT2D eigenvalue weighted by Gasteiger charge is -2.18. The van der Waals surface area contributed by atoms with Crippen LogP contribution < -0.4 is 0 Å². The summed E-state index contributed by atoms with van der Waals surface area (Å²) in [4.78, 5) is 10.6. The van der Waals surface area contributed by atoms with Crippen molar-refractivity contribution in [2.24, 2.45) is 5.92 Å². The first kappa shape index (κ1) is 17.7. The fourth-order valence-electron chi connectivity index (χ4n) is 2.36. The minimum absolute atomic E-state index is 0.0115. The molecule has 0 aliphatic rings. The summed E-state index contributed by atoms with van der Waals surface area (Å²) < 4.78 is 5.78. The lowest BCUT2D eigenvalue weighted by atomic mass is 9.98. The van der Waals surface area contributed by atoms with Crippen molar-refractivity contribution in [1.29, 1.82) is 0 Å². The number of carboxylic acid groups (broad SMARTS) is 1. The van der Waals surface area contributed by atoms with Crippen LogP contribution in [0.5, 0.6) is 0 Å². The molecule has 0 aromatic heterocycles. The van der Waals surface area contributed by atoms with Gasteiger partial charge < -0.3 is 9.84 Å². The summed E-state index contributed by atoms with van der Waals surface area (Å²) in [6, 6.07) is 8.57. The van der Waals surface area contributed by atoms with E-state index in [1.165, 1.54) is 5.56 Å². The third-order valence-electron chi connectivity index (χ3n) is 3.45. The second kappa shape index (κ2) is 9.56. The highest BCUT2D eigenvalue weighted by molar-refractivity contribution is 5.66. The van der Waals surface area contributed by atoms with E-state index in [0.717, 1.165) is 31.2 Å². The molecule has 3 heteroatoms. The highest BCUT2D eigenvalue weighted by atomic mass is 16.5. The van der Waals surface area contributed by atoms with Gasteiger partial charge in [0.15, 0.2) is 0 Å². The molecule has 21 heavy (non-hydrogen) atoms. The van der Waals surface area contributed by atoms with Crippen molar-refractivity contribution in [3.8, 4) is 0 Å². The Morgan fingerprint density at radius 3 is 2.43 bits per heavy atom. The summed E-state index contributed by atoms with van der Waals surface area (Å²) in [6.45, 7) is 6.86. The Morgan fingerprint density at radius 2 is 1.90 bits per heavy atom. The molecule has 0 aliphatic heterocycles. The van der Waals surface area contributed by atoms with E-state index in [-0.39, 0.29) is 19.1 Å². The maximum atomic E-state index is 10.6. The highest BCUT2D eigenvalue weighted by Crippen LogP contribution is 2.24. The van der Waals surface area contributed by atoms with E-state index < -0.39 is 5.97 Å². The van der Waals surface area contributed by atoms with Crippen LogP contribution in [0.25, 0.3) is 0 Å². The molecule has 3 nitrogen and oxygen atoms in total. The van der Waals surface area contributed by atoms with Crippen LogP contribution in [0.4, 0.5) is 0 Å². The fraction of sp³-hybridized carbons (Fsp3) is 0.611. The zero-order valence-corrected chi connectivity index (χ0v) is 13.5. The Morgan fingerprint density at radius 1 is 1.24 bits per heavy atom. The van der Waals surface area contributed by atoms with Gasteiger partial charge in [-0.2, -0.15) is 0 Å². The molecular formula is C18H28O3. The van der Waals surface area contributed by atoms with Crippen LogP contribution in [0.15, 0.2) is 24.3 Å². The number of aliphatic carboxylic acids is 1. The van der Waals surface area contributed by atoms with E-state index >= 15 is 0 Å². The first-order valence-electron chi connectivity index (χ1n) is 7.95. The van der Waals surface area contributed by atoms with Crippen molar-refractivity contribution in [1.82, 2.24) is 0 Å². The Bertz CT molecular complexity index is 409. The number of ether oxygens (including phenoxy) is 1. The van der Waals surface area contributed by atoms with E-state index in [1.807, 2.05) is 0 Å². The Hall–Kier alpha value is -1.35. The van der Waals surface area contributed by atoms with E-state index in [1.54, 1.807) is 0 Å². The Kier molecular flexibility index (Phi) is 8.06. The maximum absolute atomic E-state index is 10.6. The second-order valence-electron chi connectivity index (χ2n) is 5.98. The predicted octanol–water partition coefficient (Wildman–Crippen LogP) is 4.61. The summed E-state index contributed by atoms with van der Waals surface area (Å²) >= 11 is 0. The highest BCUT2D eigenvalue weighted by Gasteiger charge is 2.12. The summed E-state index contributed by atoms with van der Waals surface area (Å²) in [7, 11) is 0. The number of rotatable bonds is 10. The number of hydrogen-bond donors (Lipinski definition) is 1. The molecule has 0 saturated heterocycles. The molecule has 1 rings (SSSR count). The zero-order chi connectivity index (χ0) is 15.7. The van der Waals surface area contributed by atoms with Crippen LogP contribution in [0.2, 0.25) is 0 Å². The molecule has 0 amide bonds. The van der Waals surface area contributed by atoms with Crippen molar-refractivity contribution in [2.45, 2.75) is 59.0 Å². The molecule has 1 N–H and O–H groups in total. The van der Waals surface area contributed by atoms with Crippen LogP contribution in [-0.2, 0) is 16.0 Å². The van der Waals surface area contributed by atoms with Gasteiger partial charge in [-0.3, -0.25) is 4.79 Å². The minimum atomic E-state index is -0.809. The minimum Gasteiger partial charge on any atom is -0.481 e. The standard InChI is InChI=1S/C18H28O3/c1-4-5-6-17(21-12-11-18(19)20)16-9-7-15(8-10-16)13-14(2)3/h7-10,14,17H,4-6,11-13H2,1-3H3,(H,19,20). The van der Waals surface area contributed by atoms with E-state index in [4.69, 9.17) is 9.84 Å². The quantitative estimate of drug-likeness (QED) is 0.685. The lowest BCUT2D eigenvalue weighted by molar-refractivity contribution is -0.138. The molecule has 0 bridgehead atoms. The molecular weight excluding hydrogens is 264 g/mol. The lowest BCUT2D eigenvalue weighted by Crippen LogP contribution is -2.09. The molecule has 1 atom stereocenters. The fourth-order valence-corrected chi connectivity index (χ4v) is 2.36. The van der Waals surface area contributed by atoms with Crippen LogP contribution in [0.3, 0.4) is 0 Å². The van der Waals surface area contributed by atoms with E-state index in [0.29, 0.717) is 5.92 Å². The monoisotopic (exact) mass is 292 g/mol. The van der Waals surface area contributed by atoms with Crippen LogP contribution in [0.1, 0.15) is 63.7 Å². The van der Waals surface area contributed by atoms with Gasteiger partial charge in [0.1, 0.15) is 0 Å². The summed E-state index contributed by atoms with van der Waals surface area (Å²) in [5.74, 6) is -0.157. The normalized spacial score (nSPS) is 12.6. The van der Waals surface area contributed by atoms with Crippen LogP contribution >= 0.6 is 0 Å². The van der Waals surface area contributed by atoms with Gasteiger partial charge in [0.2, 0.25) is 0 Å². The Balaban J connectivity index is 2.65. The largest absolute Gasteiger partial charge is 0.481 e. The molecule has 0 spiro atoms. The van der Waals surface area contributed by atoms with Gasteiger partial charge in [0, 0.05) is 0 Å². The molecule has 0 heterocycles. The van der Waals surface area contributed by atoms with Gasteiger partial charge in [-0.05, 0) is 29.9 Å². The van der Waals surface area contributed by atoms with Crippen LogP contribution in [-0.4, -0.2) is 17.7 Å². The molecule has 0 aliphatic carbocycles. The number of hydrogen-bond acceptors (Lipinski definition) is 2. The SMILES string of the molecule is CCCCC(OCCC(=O)O)c1ccc(CC(C)C)cc1. The zero-order valence-electron chi connectivity index (χ0n) is 13.5. The van der Waals surface area contributed by atoms with Gasteiger partial charge in [-0.15, -0.1) is 0 Å². The first-order valence-corrected chi connectivity index (χ1v) is 7.95. The number of unbranched alkanes of at least 4 members (excludes halogenated alkanes) is 1. The van der Waals surface area contributed by atoms with Crippen molar-refractivity contribution in [3.05, 3.63) is 35.4 Å².